The van der Waals surface area contributed by atoms with E-state index in [0.717, 1.165) is 29.4 Å². The highest BCUT2D eigenvalue weighted by Gasteiger charge is 2.19. The molecule has 5 nitrogen and oxygen atoms in total. The first-order chi connectivity index (χ1) is 14.7. The van der Waals surface area contributed by atoms with Gasteiger partial charge in [-0.2, -0.15) is 0 Å². The number of hydrogen-bond acceptors (Lipinski definition) is 5. The lowest BCUT2D eigenvalue weighted by Crippen LogP contribution is -2.25. The van der Waals surface area contributed by atoms with Crippen molar-refractivity contribution in [1.82, 2.24) is 10.3 Å². The topological polar surface area (TPSA) is 52.6 Å². The summed E-state index contributed by atoms with van der Waals surface area (Å²) in [6, 6.07) is 18.6. The molecule has 0 saturated heterocycles. The molecular weight excluding hydrogens is 376 g/mol. The highest BCUT2D eigenvalue weighted by atomic mass is 16.6. The number of pyridine rings is 1. The minimum atomic E-state index is 0.225. The average molecular weight is 405 g/mol. The summed E-state index contributed by atoms with van der Waals surface area (Å²) in [4.78, 5) is 4.03. The van der Waals surface area contributed by atoms with Crippen molar-refractivity contribution in [2.45, 2.75) is 33.0 Å². The van der Waals surface area contributed by atoms with E-state index < -0.39 is 0 Å². The van der Waals surface area contributed by atoms with E-state index in [1.165, 1.54) is 11.1 Å². The second-order valence-electron chi connectivity index (χ2n) is 7.79. The molecular formula is C25H28N2O3. The number of nitrogens with zero attached hydrogens (tertiary/aromatic N) is 1. The summed E-state index contributed by atoms with van der Waals surface area (Å²) in [5, 5.41) is 3.69. The van der Waals surface area contributed by atoms with Gasteiger partial charge in [0, 0.05) is 25.0 Å². The molecule has 0 bridgehead atoms. The Labute approximate surface area is 178 Å². The first kappa shape index (κ1) is 20.2. The van der Waals surface area contributed by atoms with Crippen molar-refractivity contribution in [3.8, 4) is 17.2 Å². The van der Waals surface area contributed by atoms with Crippen molar-refractivity contribution in [2.75, 3.05) is 13.2 Å². The Hall–Kier alpha value is -3.05. The van der Waals surface area contributed by atoms with Crippen LogP contribution in [0.2, 0.25) is 0 Å². The van der Waals surface area contributed by atoms with Crippen molar-refractivity contribution in [2.24, 2.45) is 5.92 Å². The molecule has 1 aliphatic rings. The first-order valence-electron chi connectivity index (χ1n) is 10.4. The fourth-order valence-corrected chi connectivity index (χ4v) is 3.57. The van der Waals surface area contributed by atoms with E-state index in [4.69, 9.17) is 14.2 Å². The summed E-state index contributed by atoms with van der Waals surface area (Å²) in [7, 11) is 0. The minimum Gasteiger partial charge on any atom is -0.489 e. The van der Waals surface area contributed by atoms with Gasteiger partial charge < -0.3 is 19.5 Å². The van der Waals surface area contributed by atoms with Crippen LogP contribution in [0, 0.1) is 5.92 Å². The lowest BCUT2D eigenvalue weighted by Gasteiger charge is -2.25. The van der Waals surface area contributed by atoms with Crippen molar-refractivity contribution in [3.63, 3.8) is 0 Å². The van der Waals surface area contributed by atoms with Gasteiger partial charge in [0.15, 0.2) is 11.5 Å². The van der Waals surface area contributed by atoms with Crippen LogP contribution in [0.15, 0.2) is 67.0 Å². The van der Waals surface area contributed by atoms with Crippen LogP contribution in [-0.2, 0) is 13.2 Å². The highest BCUT2D eigenvalue weighted by molar-refractivity contribution is 5.44. The maximum absolute atomic E-state index is 5.86. The van der Waals surface area contributed by atoms with Gasteiger partial charge in [-0.15, -0.1) is 0 Å². The third kappa shape index (κ3) is 5.10. The molecule has 2 heterocycles. The fraction of sp³-hybridized carbons (Fsp3) is 0.320. The van der Waals surface area contributed by atoms with E-state index in [1.807, 2.05) is 30.3 Å². The third-order valence-corrected chi connectivity index (χ3v) is 5.20. The zero-order valence-electron chi connectivity index (χ0n) is 17.5. The summed E-state index contributed by atoms with van der Waals surface area (Å²) < 4.78 is 17.3. The summed E-state index contributed by atoms with van der Waals surface area (Å²) >= 11 is 0. The molecule has 0 radical (unpaired) electrons. The van der Waals surface area contributed by atoms with Gasteiger partial charge >= 0.3 is 0 Å². The molecule has 0 aliphatic carbocycles. The van der Waals surface area contributed by atoms with E-state index >= 15 is 0 Å². The SMILES string of the molecule is CC(C)[C@@H](NCc1ccc(OCc2ccncc2)cc1)c1ccc2c(c1)OCCO2. The zero-order valence-corrected chi connectivity index (χ0v) is 17.5. The van der Waals surface area contributed by atoms with Gasteiger partial charge in [0.1, 0.15) is 25.6 Å². The molecule has 0 fully saturated rings. The second kappa shape index (κ2) is 9.63. The lowest BCUT2D eigenvalue weighted by atomic mass is 9.95. The largest absolute Gasteiger partial charge is 0.489 e. The van der Waals surface area contributed by atoms with Gasteiger partial charge in [0.25, 0.3) is 0 Å². The van der Waals surface area contributed by atoms with Crippen LogP contribution in [0.25, 0.3) is 0 Å². The summed E-state index contributed by atoms with van der Waals surface area (Å²) in [5.41, 5.74) is 3.54. The number of nitrogens with one attached hydrogen (secondary N) is 1. The van der Waals surface area contributed by atoms with Crippen molar-refractivity contribution >= 4 is 0 Å². The molecule has 0 spiro atoms. The van der Waals surface area contributed by atoms with Crippen LogP contribution < -0.4 is 19.5 Å². The molecule has 30 heavy (non-hydrogen) atoms. The van der Waals surface area contributed by atoms with Crippen LogP contribution in [-0.4, -0.2) is 18.2 Å². The van der Waals surface area contributed by atoms with Crippen LogP contribution in [0.3, 0.4) is 0 Å². The Morgan fingerprint density at radius 2 is 1.63 bits per heavy atom. The zero-order chi connectivity index (χ0) is 20.8. The predicted molar refractivity (Wildman–Crippen MR) is 117 cm³/mol. The van der Waals surface area contributed by atoms with E-state index in [1.54, 1.807) is 12.4 Å². The number of rotatable bonds is 8. The Kier molecular flexibility index (Phi) is 6.50. The van der Waals surface area contributed by atoms with E-state index in [9.17, 15) is 0 Å². The van der Waals surface area contributed by atoms with Crippen LogP contribution in [0.1, 0.15) is 36.6 Å². The smallest absolute Gasteiger partial charge is 0.161 e. The maximum Gasteiger partial charge on any atom is 0.161 e. The Morgan fingerprint density at radius 3 is 2.37 bits per heavy atom. The van der Waals surface area contributed by atoms with Crippen molar-refractivity contribution < 1.29 is 14.2 Å². The van der Waals surface area contributed by atoms with Crippen molar-refractivity contribution in [1.29, 1.82) is 0 Å². The van der Waals surface area contributed by atoms with Gasteiger partial charge in [-0.25, -0.2) is 0 Å². The van der Waals surface area contributed by atoms with E-state index in [0.29, 0.717) is 25.7 Å². The van der Waals surface area contributed by atoms with Gasteiger partial charge in [-0.05, 0) is 59.0 Å². The molecule has 156 valence electrons. The molecule has 2 aromatic carbocycles. The minimum absolute atomic E-state index is 0.225. The van der Waals surface area contributed by atoms with E-state index in [2.05, 4.69) is 48.4 Å². The molecule has 1 aliphatic heterocycles. The molecule has 0 amide bonds. The molecule has 4 rings (SSSR count). The normalized spacial score (nSPS) is 13.8. The monoisotopic (exact) mass is 404 g/mol. The average Bonchev–Trinajstić information content (AvgIpc) is 2.79. The van der Waals surface area contributed by atoms with Gasteiger partial charge in [0.05, 0.1) is 0 Å². The number of benzene rings is 2. The summed E-state index contributed by atoms with van der Waals surface area (Å²) in [6.45, 7) is 6.99. The lowest BCUT2D eigenvalue weighted by molar-refractivity contribution is 0.171. The first-order valence-corrected chi connectivity index (χ1v) is 10.4. The second-order valence-corrected chi connectivity index (χ2v) is 7.79. The van der Waals surface area contributed by atoms with Gasteiger partial charge in [0.2, 0.25) is 0 Å². The molecule has 0 unspecified atom stereocenters. The van der Waals surface area contributed by atoms with Crippen molar-refractivity contribution in [3.05, 3.63) is 83.7 Å². The van der Waals surface area contributed by atoms with Gasteiger partial charge in [-0.3, -0.25) is 4.98 Å². The molecule has 1 aromatic heterocycles. The fourth-order valence-electron chi connectivity index (χ4n) is 3.57. The molecule has 3 aromatic rings. The molecule has 0 saturated carbocycles. The number of ether oxygens (including phenoxy) is 3. The maximum atomic E-state index is 5.86. The summed E-state index contributed by atoms with van der Waals surface area (Å²) in [5.74, 6) is 2.97. The van der Waals surface area contributed by atoms with Gasteiger partial charge in [-0.1, -0.05) is 32.0 Å². The number of fused-ring (bicyclic) bond motifs is 1. The Bertz CT molecular complexity index is 942. The predicted octanol–water partition coefficient (Wildman–Crippen LogP) is 4.92. The quantitative estimate of drug-likeness (QED) is 0.578. The Morgan fingerprint density at radius 1 is 0.900 bits per heavy atom. The molecule has 5 heteroatoms. The molecule has 1 N–H and O–H groups in total. The van der Waals surface area contributed by atoms with E-state index in [-0.39, 0.29) is 6.04 Å². The highest BCUT2D eigenvalue weighted by Crippen LogP contribution is 2.34. The van der Waals surface area contributed by atoms with Crippen LogP contribution in [0.5, 0.6) is 17.2 Å². The number of aromatic nitrogens is 1. The summed E-state index contributed by atoms with van der Waals surface area (Å²) in [6.07, 6.45) is 3.56. The third-order valence-electron chi connectivity index (χ3n) is 5.20. The number of hydrogen-bond donors (Lipinski definition) is 1. The van der Waals surface area contributed by atoms with Crippen LogP contribution in [0.4, 0.5) is 0 Å². The molecule has 1 atom stereocenters. The van der Waals surface area contributed by atoms with Crippen LogP contribution >= 0.6 is 0 Å². The Balaban J connectivity index is 1.36. The standard InChI is InChI=1S/C25H28N2O3/c1-18(2)25(21-5-8-23-24(15-21)29-14-13-28-23)27-16-19-3-6-22(7-4-19)30-17-20-9-11-26-12-10-20/h3-12,15,18,25,27H,13-14,16-17H2,1-2H3/t25-/m1/s1.